The minimum Gasteiger partial charge on any atom is -0.481 e. The molecule has 3 heterocycles. The number of amides is 1. The van der Waals surface area contributed by atoms with E-state index in [4.69, 9.17) is 15.2 Å². The first kappa shape index (κ1) is 26.9. The van der Waals surface area contributed by atoms with Crippen LogP contribution >= 0.6 is 0 Å². The van der Waals surface area contributed by atoms with Crippen molar-refractivity contribution in [3.63, 3.8) is 0 Å². The second kappa shape index (κ2) is 12.9. The number of likely N-dealkylation sites (tertiary alicyclic amines) is 1. The quantitative estimate of drug-likeness (QED) is 0.370. The molecule has 202 valence electrons. The van der Waals surface area contributed by atoms with E-state index < -0.39 is 11.9 Å². The van der Waals surface area contributed by atoms with Gasteiger partial charge in [-0.3, -0.25) is 14.5 Å². The molecule has 10 heteroatoms. The van der Waals surface area contributed by atoms with Crippen LogP contribution in [0.2, 0.25) is 0 Å². The van der Waals surface area contributed by atoms with Crippen molar-refractivity contribution in [1.82, 2.24) is 19.4 Å². The Morgan fingerprint density at radius 3 is 2.73 bits per heavy atom. The van der Waals surface area contributed by atoms with E-state index in [1.165, 1.54) is 0 Å². The van der Waals surface area contributed by atoms with Gasteiger partial charge in [-0.05, 0) is 49.9 Å². The SMILES string of the molecule is CCCCN(CCCCN)C(=O)CN1C[C@H](c2ccc3c(c2)OCO3)[C@@H](C(=O)O)[C@@H]1CCn1ccnc1. The number of rotatable bonds is 14. The van der Waals surface area contributed by atoms with Gasteiger partial charge in [-0.15, -0.1) is 0 Å². The molecule has 3 N–H and O–H groups in total. The molecule has 0 saturated carbocycles. The van der Waals surface area contributed by atoms with Crippen LogP contribution in [0.4, 0.5) is 0 Å². The van der Waals surface area contributed by atoms with Gasteiger partial charge in [0.15, 0.2) is 11.5 Å². The summed E-state index contributed by atoms with van der Waals surface area (Å²) < 4.78 is 13.0. The number of nitrogens with zero attached hydrogens (tertiary/aromatic N) is 4. The molecule has 0 radical (unpaired) electrons. The van der Waals surface area contributed by atoms with Crippen LogP contribution in [0.15, 0.2) is 36.9 Å². The number of imidazole rings is 1. The predicted octanol–water partition coefficient (Wildman–Crippen LogP) is 2.54. The highest BCUT2D eigenvalue weighted by Crippen LogP contribution is 2.42. The maximum Gasteiger partial charge on any atom is 0.308 e. The summed E-state index contributed by atoms with van der Waals surface area (Å²) >= 11 is 0. The zero-order chi connectivity index (χ0) is 26.2. The topological polar surface area (TPSA) is 123 Å². The minimum absolute atomic E-state index is 0.0496. The van der Waals surface area contributed by atoms with E-state index >= 15 is 0 Å². The Kier molecular flexibility index (Phi) is 9.40. The zero-order valence-electron chi connectivity index (χ0n) is 21.6. The second-order valence-corrected chi connectivity index (χ2v) is 9.90. The van der Waals surface area contributed by atoms with Gasteiger partial charge >= 0.3 is 5.97 Å². The number of aliphatic carboxylic acids is 1. The lowest BCUT2D eigenvalue weighted by molar-refractivity contribution is -0.144. The van der Waals surface area contributed by atoms with Crippen molar-refractivity contribution < 1.29 is 24.2 Å². The average molecular weight is 514 g/mol. The fourth-order valence-corrected chi connectivity index (χ4v) is 5.47. The summed E-state index contributed by atoms with van der Waals surface area (Å²) in [5.41, 5.74) is 6.57. The molecule has 2 aromatic rings. The lowest BCUT2D eigenvalue weighted by Gasteiger charge is -2.30. The zero-order valence-corrected chi connectivity index (χ0v) is 21.6. The molecule has 0 unspecified atom stereocenters. The van der Waals surface area contributed by atoms with Crippen LogP contribution in [0.5, 0.6) is 11.5 Å². The lowest BCUT2D eigenvalue weighted by atomic mass is 9.84. The van der Waals surface area contributed by atoms with Gasteiger partial charge < -0.3 is 29.8 Å². The highest BCUT2D eigenvalue weighted by Gasteiger charge is 2.47. The Hall–Kier alpha value is -3.11. The first-order chi connectivity index (χ1) is 18.0. The summed E-state index contributed by atoms with van der Waals surface area (Å²) in [6, 6.07) is 5.36. The molecule has 0 bridgehead atoms. The molecule has 0 spiro atoms. The molecular formula is C27H39N5O5. The highest BCUT2D eigenvalue weighted by molar-refractivity contribution is 5.79. The molecule has 1 aromatic heterocycles. The van der Waals surface area contributed by atoms with E-state index in [0.717, 1.165) is 31.2 Å². The van der Waals surface area contributed by atoms with Gasteiger partial charge in [-0.2, -0.15) is 0 Å². The summed E-state index contributed by atoms with van der Waals surface area (Å²) in [5, 5.41) is 10.4. The third-order valence-electron chi connectivity index (χ3n) is 7.46. The molecule has 0 aliphatic carbocycles. The number of ether oxygens (including phenoxy) is 2. The van der Waals surface area contributed by atoms with Crippen LogP contribution in [-0.2, 0) is 16.1 Å². The monoisotopic (exact) mass is 513 g/mol. The first-order valence-electron chi connectivity index (χ1n) is 13.3. The van der Waals surface area contributed by atoms with Crippen LogP contribution in [0.25, 0.3) is 0 Å². The van der Waals surface area contributed by atoms with Gasteiger partial charge in [0, 0.05) is 50.5 Å². The van der Waals surface area contributed by atoms with Crippen molar-refractivity contribution in [2.24, 2.45) is 11.7 Å². The molecule has 4 rings (SSSR count). The molecule has 1 saturated heterocycles. The number of carbonyl (C=O) groups is 2. The number of hydrogen-bond donors (Lipinski definition) is 2. The van der Waals surface area contributed by atoms with E-state index in [-0.39, 0.29) is 31.2 Å². The van der Waals surface area contributed by atoms with Gasteiger partial charge in [-0.1, -0.05) is 19.4 Å². The maximum atomic E-state index is 13.5. The van der Waals surface area contributed by atoms with Crippen LogP contribution in [0, 0.1) is 5.92 Å². The van der Waals surface area contributed by atoms with Gasteiger partial charge in [0.05, 0.1) is 18.8 Å². The van der Waals surface area contributed by atoms with Gasteiger partial charge in [0.2, 0.25) is 12.7 Å². The molecule has 1 amide bonds. The predicted molar refractivity (Wildman–Crippen MR) is 138 cm³/mol. The Morgan fingerprint density at radius 2 is 2.00 bits per heavy atom. The van der Waals surface area contributed by atoms with Crippen LogP contribution in [0.1, 0.15) is 50.5 Å². The van der Waals surface area contributed by atoms with Crippen LogP contribution in [-0.4, -0.2) is 81.9 Å². The van der Waals surface area contributed by atoms with Crippen molar-refractivity contribution in [3.8, 4) is 11.5 Å². The van der Waals surface area contributed by atoms with Gasteiger partial charge in [0.1, 0.15) is 0 Å². The van der Waals surface area contributed by atoms with Gasteiger partial charge in [0.25, 0.3) is 0 Å². The number of carbonyl (C=O) groups excluding carboxylic acids is 1. The fraction of sp³-hybridized carbons (Fsp3) is 0.593. The van der Waals surface area contributed by atoms with Crippen LogP contribution in [0.3, 0.4) is 0 Å². The molecule has 2 aliphatic heterocycles. The molecule has 1 fully saturated rings. The molecule has 1 aromatic carbocycles. The first-order valence-corrected chi connectivity index (χ1v) is 13.3. The summed E-state index contributed by atoms with van der Waals surface area (Å²) in [6.07, 6.45) is 9.62. The van der Waals surface area contributed by atoms with Crippen molar-refractivity contribution in [2.75, 3.05) is 39.5 Å². The van der Waals surface area contributed by atoms with Crippen molar-refractivity contribution in [3.05, 3.63) is 42.5 Å². The number of aryl methyl sites for hydroxylation is 1. The standard InChI is InChI=1S/C27H39N5O5/c1-2-3-11-31(12-5-4-9-28)25(33)17-32-16-21(20-6-7-23-24(15-20)37-19-36-23)26(27(34)35)22(32)8-13-30-14-10-29-18-30/h6-7,10,14-15,18,21-22,26H,2-5,8-9,11-13,16-17,19,28H2,1H3,(H,34,35)/t21-,22+,26-/m1/s1. The van der Waals surface area contributed by atoms with E-state index in [2.05, 4.69) is 16.8 Å². The van der Waals surface area contributed by atoms with Crippen molar-refractivity contribution >= 4 is 11.9 Å². The summed E-state index contributed by atoms with van der Waals surface area (Å²) in [4.78, 5) is 34.3. The van der Waals surface area contributed by atoms with E-state index in [9.17, 15) is 14.7 Å². The highest BCUT2D eigenvalue weighted by atomic mass is 16.7. The number of nitrogens with two attached hydrogens (primary N) is 1. The summed E-state index contributed by atoms with van der Waals surface area (Å²) in [6.45, 7) is 5.59. The Morgan fingerprint density at radius 1 is 1.19 bits per heavy atom. The van der Waals surface area contributed by atoms with E-state index in [1.54, 1.807) is 12.5 Å². The summed E-state index contributed by atoms with van der Waals surface area (Å²) in [5.74, 6) is -0.419. The lowest BCUT2D eigenvalue weighted by Crippen LogP contribution is -2.45. The number of fused-ring (bicyclic) bond motifs is 1. The van der Waals surface area contributed by atoms with Crippen molar-refractivity contribution in [1.29, 1.82) is 0 Å². The number of carboxylic acids is 1. The number of aromatic nitrogens is 2. The molecule has 37 heavy (non-hydrogen) atoms. The Labute approximate surface area is 218 Å². The Balaban J connectivity index is 1.56. The van der Waals surface area contributed by atoms with E-state index in [1.807, 2.05) is 33.9 Å². The number of benzene rings is 1. The maximum absolute atomic E-state index is 13.5. The molecule has 3 atom stereocenters. The van der Waals surface area contributed by atoms with Crippen LogP contribution < -0.4 is 15.2 Å². The smallest absolute Gasteiger partial charge is 0.308 e. The van der Waals surface area contributed by atoms with E-state index in [0.29, 0.717) is 50.6 Å². The summed E-state index contributed by atoms with van der Waals surface area (Å²) in [7, 11) is 0. The average Bonchev–Trinajstić information content (AvgIpc) is 3.64. The third kappa shape index (κ3) is 6.61. The van der Waals surface area contributed by atoms with Crippen molar-refractivity contribution in [2.45, 2.75) is 57.5 Å². The largest absolute Gasteiger partial charge is 0.481 e. The number of unbranched alkanes of at least 4 members (excludes halogenated alkanes) is 2. The number of hydrogen-bond acceptors (Lipinski definition) is 7. The Bertz CT molecular complexity index is 1030. The molecule has 10 nitrogen and oxygen atoms in total. The molecule has 2 aliphatic rings. The normalized spacial score (nSPS) is 20.9. The van der Waals surface area contributed by atoms with Gasteiger partial charge in [-0.25, -0.2) is 4.98 Å². The fourth-order valence-electron chi connectivity index (χ4n) is 5.47. The number of carboxylic acid groups (broad SMARTS) is 1. The second-order valence-electron chi connectivity index (χ2n) is 9.90. The molecular weight excluding hydrogens is 474 g/mol. The third-order valence-corrected chi connectivity index (χ3v) is 7.46. The minimum atomic E-state index is -0.848.